The van der Waals surface area contributed by atoms with Crippen molar-refractivity contribution in [3.05, 3.63) is 23.8 Å². The Morgan fingerprint density at radius 1 is 1.20 bits per heavy atom. The van der Waals surface area contributed by atoms with Crippen molar-refractivity contribution in [3.8, 4) is 0 Å². The summed E-state index contributed by atoms with van der Waals surface area (Å²) in [5, 5.41) is 9.50. The molecule has 1 fully saturated rings. The summed E-state index contributed by atoms with van der Waals surface area (Å²) in [4.78, 5) is 13.7. The van der Waals surface area contributed by atoms with E-state index in [-0.39, 0.29) is 5.56 Å². The third-order valence-corrected chi connectivity index (χ3v) is 10.0. The molecule has 0 spiro atoms. The van der Waals surface area contributed by atoms with Crippen LogP contribution in [0, 0.1) is 0 Å². The summed E-state index contributed by atoms with van der Waals surface area (Å²) in [7, 11) is -4.75. The zero-order valence-corrected chi connectivity index (χ0v) is 17.4. The Kier molecular flexibility index (Phi) is 5.25. The molecule has 140 valence electrons. The van der Waals surface area contributed by atoms with Crippen molar-refractivity contribution < 1.29 is 18.3 Å². The van der Waals surface area contributed by atoms with E-state index in [4.69, 9.17) is 0 Å². The second-order valence-corrected chi connectivity index (χ2v) is 16.2. The van der Waals surface area contributed by atoms with E-state index in [1.807, 2.05) is 0 Å². The molecule has 0 atom stereocenters. The van der Waals surface area contributed by atoms with E-state index in [9.17, 15) is 18.3 Å². The number of carbonyl (C=O) groups is 1. The van der Waals surface area contributed by atoms with Crippen molar-refractivity contribution in [2.75, 3.05) is 22.7 Å². The van der Waals surface area contributed by atoms with Crippen molar-refractivity contribution in [1.82, 2.24) is 0 Å². The van der Waals surface area contributed by atoms with Crippen LogP contribution in [0.5, 0.6) is 0 Å². The first kappa shape index (κ1) is 19.8. The van der Waals surface area contributed by atoms with Gasteiger partial charge in [-0.15, -0.1) is 0 Å². The normalized spacial score (nSPS) is 18.0. The lowest BCUT2D eigenvalue weighted by Gasteiger charge is -2.37. The van der Waals surface area contributed by atoms with Crippen LogP contribution in [-0.2, 0) is 10.0 Å². The highest BCUT2D eigenvalue weighted by atomic mass is 32.2. The van der Waals surface area contributed by atoms with Gasteiger partial charge in [0.25, 0.3) is 0 Å². The van der Waals surface area contributed by atoms with Crippen molar-refractivity contribution >= 4 is 35.4 Å². The molecule has 6 nitrogen and oxygen atoms in total. The van der Waals surface area contributed by atoms with Crippen LogP contribution in [0.2, 0.25) is 25.2 Å². The standard InChI is InChI=1S/C17H28N2O4SSi/c1-17(2,3)24(22,23)18-13-6-7-14(16(20)21)15(12-13)19-8-10-25(4,5)11-9-19/h6-7,12,18H,8-11H2,1-5H3,(H,20,21). The molecule has 0 amide bonds. The number of hydrogen-bond donors (Lipinski definition) is 2. The summed E-state index contributed by atoms with van der Waals surface area (Å²) < 4.78 is 26.4. The molecule has 0 saturated carbocycles. The number of nitrogens with zero attached hydrogens (tertiary/aromatic N) is 1. The van der Waals surface area contributed by atoms with Crippen LogP contribution < -0.4 is 9.62 Å². The quantitative estimate of drug-likeness (QED) is 0.777. The van der Waals surface area contributed by atoms with E-state index in [0.29, 0.717) is 11.4 Å². The fourth-order valence-electron chi connectivity index (χ4n) is 2.70. The monoisotopic (exact) mass is 384 g/mol. The molecule has 0 bridgehead atoms. The molecule has 1 heterocycles. The molecule has 0 unspecified atom stereocenters. The second kappa shape index (κ2) is 6.64. The number of sulfonamides is 1. The molecule has 2 N–H and O–H groups in total. The lowest BCUT2D eigenvalue weighted by molar-refractivity contribution is 0.0697. The Morgan fingerprint density at radius 3 is 2.24 bits per heavy atom. The summed E-state index contributed by atoms with van der Waals surface area (Å²) in [6.45, 7) is 11.2. The summed E-state index contributed by atoms with van der Waals surface area (Å²) in [6, 6.07) is 6.84. The maximum absolute atomic E-state index is 12.4. The van der Waals surface area contributed by atoms with Crippen LogP contribution in [0.4, 0.5) is 11.4 Å². The van der Waals surface area contributed by atoms with E-state index in [0.717, 1.165) is 25.2 Å². The minimum absolute atomic E-state index is 0.208. The van der Waals surface area contributed by atoms with Gasteiger partial charge in [-0.25, -0.2) is 13.2 Å². The molecular formula is C17H28N2O4SSi. The Balaban J connectivity index is 2.36. The van der Waals surface area contributed by atoms with Gasteiger partial charge >= 0.3 is 5.97 Å². The van der Waals surface area contributed by atoms with Gasteiger partial charge in [-0.1, -0.05) is 13.1 Å². The molecule has 2 rings (SSSR count). The predicted molar refractivity (Wildman–Crippen MR) is 105 cm³/mol. The van der Waals surface area contributed by atoms with E-state index in [2.05, 4.69) is 22.7 Å². The van der Waals surface area contributed by atoms with Gasteiger partial charge in [0.05, 0.1) is 29.8 Å². The zero-order valence-electron chi connectivity index (χ0n) is 15.6. The molecule has 1 aromatic carbocycles. The highest BCUT2D eigenvalue weighted by Crippen LogP contribution is 2.32. The first-order valence-electron chi connectivity index (χ1n) is 8.47. The van der Waals surface area contributed by atoms with Crippen molar-refractivity contribution in [3.63, 3.8) is 0 Å². The lowest BCUT2D eigenvalue weighted by Crippen LogP contribution is -2.43. The Labute approximate surface area is 151 Å². The molecule has 0 radical (unpaired) electrons. The maximum atomic E-state index is 12.4. The maximum Gasteiger partial charge on any atom is 0.337 e. The van der Waals surface area contributed by atoms with Crippen molar-refractivity contribution in [2.45, 2.75) is 50.7 Å². The molecule has 1 saturated heterocycles. The highest BCUT2D eigenvalue weighted by molar-refractivity contribution is 7.94. The summed E-state index contributed by atoms with van der Waals surface area (Å²) in [5.41, 5.74) is 1.20. The fraction of sp³-hybridized carbons (Fsp3) is 0.588. The van der Waals surface area contributed by atoms with Gasteiger partial charge in [0.15, 0.2) is 0 Å². The number of hydrogen-bond acceptors (Lipinski definition) is 4. The van der Waals surface area contributed by atoms with E-state index in [1.165, 1.54) is 12.1 Å². The van der Waals surface area contributed by atoms with Crippen molar-refractivity contribution in [1.29, 1.82) is 0 Å². The summed E-state index contributed by atoms with van der Waals surface area (Å²) >= 11 is 0. The van der Waals surface area contributed by atoms with E-state index >= 15 is 0 Å². The topological polar surface area (TPSA) is 86.7 Å². The van der Waals surface area contributed by atoms with E-state index in [1.54, 1.807) is 26.8 Å². The number of carboxylic acids is 1. The Hall–Kier alpha value is -1.54. The summed E-state index contributed by atoms with van der Waals surface area (Å²) in [6.07, 6.45) is 0. The van der Waals surface area contributed by atoms with Crippen LogP contribution >= 0.6 is 0 Å². The van der Waals surface area contributed by atoms with Gasteiger partial charge < -0.3 is 10.0 Å². The smallest absolute Gasteiger partial charge is 0.337 e. The second-order valence-electron chi connectivity index (χ2n) is 8.41. The molecule has 0 aromatic heterocycles. The highest BCUT2D eigenvalue weighted by Gasteiger charge is 2.31. The van der Waals surface area contributed by atoms with Crippen LogP contribution in [0.25, 0.3) is 0 Å². The van der Waals surface area contributed by atoms with Gasteiger partial charge in [-0.2, -0.15) is 0 Å². The first-order chi connectivity index (χ1) is 11.3. The largest absolute Gasteiger partial charge is 0.478 e. The summed E-state index contributed by atoms with van der Waals surface area (Å²) in [5.74, 6) is -0.998. The van der Waals surface area contributed by atoms with Gasteiger partial charge in [0.1, 0.15) is 0 Å². The molecule has 8 heteroatoms. The third-order valence-electron chi connectivity index (χ3n) is 4.74. The average molecular weight is 385 g/mol. The number of aromatic carboxylic acids is 1. The van der Waals surface area contributed by atoms with Crippen molar-refractivity contribution in [2.24, 2.45) is 0 Å². The van der Waals surface area contributed by atoms with Gasteiger partial charge in [-0.3, -0.25) is 4.72 Å². The van der Waals surface area contributed by atoms with E-state index < -0.39 is 28.8 Å². The van der Waals surface area contributed by atoms with Crippen LogP contribution in [-0.4, -0.2) is 45.4 Å². The van der Waals surface area contributed by atoms with Gasteiger partial charge in [0, 0.05) is 13.1 Å². The average Bonchev–Trinajstić information content (AvgIpc) is 2.45. The minimum Gasteiger partial charge on any atom is -0.478 e. The Morgan fingerprint density at radius 2 is 1.76 bits per heavy atom. The number of carboxylic acid groups (broad SMARTS) is 1. The fourth-order valence-corrected chi connectivity index (χ4v) is 5.44. The molecular weight excluding hydrogens is 356 g/mol. The number of rotatable bonds is 4. The number of benzene rings is 1. The molecule has 25 heavy (non-hydrogen) atoms. The van der Waals surface area contributed by atoms with Gasteiger partial charge in [0.2, 0.25) is 10.0 Å². The van der Waals surface area contributed by atoms with Crippen LogP contribution in [0.15, 0.2) is 18.2 Å². The third kappa shape index (κ3) is 4.55. The first-order valence-corrected chi connectivity index (χ1v) is 13.4. The SMILES string of the molecule is CC(C)(C)S(=O)(=O)Nc1ccc(C(=O)O)c(N2CC[Si](C)(C)CC2)c1. The number of nitrogens with one attached hydrogen (secondary N) is 1. The molecule has 1 aliphatic rings. The predicted octanol–water partition coefficient (Wildman–Crippen LogP) is 3.45. The lowest BCUT2D eigenvalue weighted by atomic mass is 10.1. The molecule has 1 aliphatic heterocycles. The van der Waals surface area contributed by atoms with Gasteiger partial charge in [-0.05, 0) is 51.1 Å². The minimum atomic E-state index is -3.56. The number of anilines is 2. The molecule has 1 aromatic rings. The Bertz CT molecular complexity index is 759. The van der Waals surface area contributed by atoms with Crippen LogP contribution in [0.1, 0.15) is 31.1 Å². The zero-order chi connectivity index (χ0) is 19.0. The van der Waals surface area contributed by atoms with Crippen LogP contribution in [0.3, 0.4) is 0 Å². The molecule has 0 aliphatic carbocycles.